The van der Waals surface area contributed by atoms with Crippen molar-refractivity contribution in [2.45, 2.75) is 19.3 Å². The third kappa shape index (κ3) is 3.43. The topological polar surface area (TPSA) is 39.2 Å². The van der Waals surface area contributed by atoms with E-state index in [9.17, 15) is 4.79 Å². The van der Waals surface area contributed by atoms with Gasteiger partial charge >= 0.3 is 5.97 Å². The number of carbonyl (C=O) groups excluding carboxylic acids is 1. The van der Waals surface area contributed by atoms with Crippen LogP contribution >= 0.6 is 27.3 Å². The normalized spacial score (nSPS) is 12.1. The Kier molecular flexibility index (Phi) is 4.98. The summed E-state index contributed by atoms with van der Waals surface area (Å²) in [5.74, 6) is -0.569. The van der Waals surface area contributed by atoms with Crippen molar-refractivity contribution < 1.29 is 9.53 Å². The molecule has 1 aromatic rings. The first kappa shape index (κ1) is 12.4. The molecule has 1 rings (SSSR count). The van der Waals surface area contributed by atoms with E-state index in [-0.39, 0.29) is 11.9 Å². The molecule has 0 spiro atoms. The first-order valence-corrected chi connectivity index (χ1v) is 6.24. The highest BCUT2D eigenvalue weighted by atomic mass is 79.9. The molecule has 82 valence electrons. The monoisotopic (exact) mass is 289 g/mol. The van der Waals surface area contributed by atoms with Crippen LogP contribution in [0, 0.1) is 0 Å². The van der Waals surface area contributed by atoms with E-state index in [4.69, 9.17) is 4.74 Å². The van der Waals surface area contributed by atoms with Gasteiger partial charge in [-0.2, -0.15) is 0 Å². The molecule has 1 aromatic heterocycles. The minimum absolute atomic E-state index is 0.241. The molecule has 0 aromatic carbocycles. The molecule has 0 saturated heterocycles. The summed E-state index contributed by atoms with van der Waals surface area (Å²) >= 11 is 4.73. The Morgan fingerprint density at radius 2 is 2.60 bits per heavy atom. The maximum absolute atomic E-state index is 11.6. The van der Waals surface area contributed by atoms with Gasteiger partial charge in [-0.15, -0.1) is 17.9 Å². The first-order valence-electron chi connectivity index (χ1n) is 4.57. The second-order valence-electron chi connectivity index (χ2n) is 2.85. The maximum atomic E-state index is 11.6. The van der Waals surface area contributed by atoms with Crippen LogP contribution in [0.25, 0.3) is 0 Å². The number of ether oxygens (including phenoxy) is 1. The number of aromatic nitrogens is 1. The maximum Gasteiger partial charge on any atom is 0.315 e. The lowest BCUT2D eigenvalue weighted by Crippen LogP contribution is -2.15. The van der Waals surface area contributed by atoms with Gasteiger partial charge in [-0.3, -0.25) is 4.79 Å². The second kappa shape index (κ2) is 6.02. The fourth-order valence-electron chi connectivity index (χ4n) is 1.17. The van der Waals surface area contributed by atoms with Gasteiger partial charge in [0.05, 0.1) is 12.3 Å². The molecule has 0 radical (unpaired) electrons. The van der Waals surface area contributed by atoms with Crippen LogP contribution in [0.3, 0.4) is 0 Å². The molecule has 0 amide bonds. The van der Waals surface area contributed by atoms with E-state index >= 15 is 0 Å². The molecule has 5 heteroatoms. The number of hydrogen-bond acceptors (Lipinski definition) is 4. The summed E-state index contributed by atoms with van der Waals surface area (Å²) in [4.78, 5) is 15.8. The summed E-state index contributed by atoms with van der Waals surface area (Å²) in [5, 5.41) is 1.86. The highest BCUT2D eigenvalue weighted by Gasteiger charge is 2.22. The van der Waals surface area contributed by atoms with E-state index < -0.39 is 0 Å². The number of rotatable bonds is 5. The van der Waals surface area contributed by atoms with Gasteiger partial charge < -0.3 is 4.74 Å². The van der Waals surface area contributed by atoms with E-state index in [1.165, 1.54) is 11.3 Å². The highest BCUT2D eigenvalue weighted by molar-refractivity contribution is 9.11. The predicted molar refractivity (Wildman–Crippen MR) is 64.0 cm³/mol. The van der Waals surface area contributed by atoms with E-state index in [1.807, 2.05) is 5.38 Å². The standard InChI is InChI=1S/C10H12BrNO2S/c1-3-5-7(9(13)14-4-2)8-6-15-10(11)12-8/h3,6-7H,1,4-5H2,2H3. The van der Waals surface area contributed by atoms with Crippen LogP contribution in [0.5, 0.6) is 0 Å². The molecule has 1 unspecified atom stereocenters. The van der Waals surface area contributed by atoms with Crippen LogP contribution in [-0.4, -0.2) is 17.6 Å². The molecule has 3 nitrogen and oxygen atoms in total. The van der Waals surface area contributed by atoms with Crippen molar-refractivity contribution in [2.24, 2.45) is 0 Å². The average Bonchev–Trinajstić information content (AvgIpc) is 2.61. The quantitative estimate of drug-likeness (QED) is 0.618. The molecule has 0 aliphatic heterocycles. The Morgan fingerprint density at radius 3 is 3.07 bits per heavy atom. The predicted octanol–water partition coefficient (Wildman–Crippen LogP) is 3.13. The lowest BCUT2D eigenvalue weighted by Gasteiger charge is -2.10. The molecule has 0 saturated carbocycles. The van der Waals surface area contributed by atoms with Crippen molar-refractivity contribution in [3.05, 3.63) is 27.6 Å². The van der Waals surface area contributed by atoms with Gasteiger partial charge in [-0.25, -0.2) is 4.98 Å². The largest absolute Gasteiger partial charge is 0.465 e. The van der Waals surface area contributed by atoms with Crippen molar-refractivity contribution in [3.8, 4) is 0 Å². The number of allylic oxidation sites excluding steroid dienone is 1. The Hall–Kier alpha value is -0.680. The Morgan fingerprint density at radius 1 is 1.87 bits per heavy atom. The Bertz CT molecular complexity index is 351. The molecular weight excluding hydrogens is 278 g/mol. The van der Waals surface area contributed by atoms with Crippen LogP contribution in [0.15, 0.2) is 22.0 Å². The van der Waals surface area contributed by atoms with E-state index in [0.717, 1.165) is 9.61 Å². The zero-order valence-corrected chi connectivity index (χ0v) is 10.8. The summed E-state index contributed by atoms with van der Waals surface area (Å²) in [7, 11) is 0. The molecule has 0 bridgehead atoms. The van der Waals surface area contributed by atoms with E-state index in [0.29, 0.717) is 13.0 Å². The summed E-state index contributed by atoms with van der Waals surface area (Å²) < 4.78 is 5.76. The molecule has 0 N–H and O–H groups in total. The van der Waals surface area contributed by atoms with Gasteiger partial charge in [0.15, 0.2) is 3.92 Å². The average molecular weight is 290 g/mol. The number of halogens is 1. The zero-order valence-electron chi connectivity index (χ0n) is 8.40. The van der Waals surface area contributed by atoms with Crippen LogP contribution in [0.1, 0.15) is 25.0 Å². The van der Waals surface area contributed by atoms with E-state index in [2.05, 4.69) is 27.5 Å². The van der Waals surface area contributed by atoms with Crippen molar-refractivity contribution in [2.75, 3.05) is 6.61 Å². The summed E-state index contributed by atoms with van der Waals surface area (Å²) in [5.41, 5.74) is 0.741. The smallest absolute Gasteiger partial charge is 0.315 e. The SMILES string of the molecule is C=CCC(C(=O)OCC)c1csc(Br)n1. The van der Waals surface area contributed by atoms with Crippen LogP contribution < -0.4 is 0 Å². The van der Waals surface area contributed by atoms with Crippen molar-refractivity contribution in [1.82, 2.24) is 4.98 Å². The van der Waals surface area contributed by atoms with Gasteiger partial charge in [0.25, 0.3) is 0 Å². The summed E-state index contributed by atoms with van der Waals surface area (Å²) in [6, 6.07) is 0. The summed E-state index contributed by atoms with van der Waals surface area (Å²) in [6.45, 7) is 5.81. The van der Waals surface area contributed by atoms with Gasteiger partial charge in [0, 0.05) is 5.38 Å². The van der Waals surface area contributed by atoms with Crippen LogP contribution in [0.2, 0.25) is 0 Å². The van der Waals surface area contributed by atoms with Crippen LogP contribution in [0.4, 0.5) is 0 Å². The lowest BCUT2D eigenvalue weighted by atomic mass is 10.0. The fraction of sp³-hybridized carbons (Fsp3) is 0.400. The van der Waals surface area contributed by atoms with Gasteiger partial charge in [0.1, 0.15) is 5.92 Å². The Labute approximate surface area is 101 Å². The zero-order chi connectivity index (χ0) is 11.3. The fourth-order valence-corrected chi connectivity index (χ4v) is 2.25. The van der Waals surface area contributed by atoms with Gasteiger partial charge in [-0.05, 0) is 29.3 Å². The summed E-state index contributed by atoms with van der Waals surface area (Å²) in [6.07, 6.45) is 2.25. The molecule has 1 heterocycles. The second-order valence-corrected chi connectivity index (χ2v) is 4.99. The minimum Gasteiger partial charge on any atom is -0.465 e. The molecule has 0 aliphatic carbocycles. The third-order valence-corrected chi connectivity index (χ3v) is 3.21. The molecule has 1 atom stereocenters. The van der Waals surface area contributed by atoms with Gasteiger partial charge in [-0.1, -0.05) is 6.08 Å². The molecule has 0 aliphatic rings. The van der Waals surface area contributed by atoms with Gasteiger partial charge in [0.2, 0.25) is 0 Å². The van der Waals surface area contributed by atoms with Crippen LogP contribution in [-0.2, 0) is 9.53 Å². The van der Waals surface area contributed by atoms with Crippen molar-refractivity contribution in [3.63, 3.8) is 0 Å². The highest BCUT2D eigenvalue weighted by Crippen LogP contribution is 2.26. The van der Waals surface area contributed by atoms with Crippen molar-refractivity contribution in [1.29, 1.82) is 0 Å². The number of nitrogens with zero attached hydrogens (tertiary/aromatic N) is 1. The molecule has 0 fully saturated rings. The lowest BCUT2D eigenvalue weighted by molar-refractivity contribution is -0.144. The number of hydrogen-bond donors (Lipinski definition) is 0. The number of thiazole rings is 1. The number of carbonyl (C=O) groups is 1. The third-order valence-electron chi connectivity index (χ3n) is 1.82. The first-order chi connectivity index (χ1) is 7.19. The van der Waals surface area contributed by atoms with E-state index in [1.54, 1.807) is 13.0 Å². The number of esters is 1. The minimum atomic E-state index is -0.329. The van der Waals surface area contributed by atoms with Crippen molar-refractivity contribution >= 4 is 33.2 Å². The molecule has 15 heavy (non-hydrogen) atoms. The molecular formula is C10H12BrNO2S. The Balaban J connectivity index is 2.82.